The molecule has 2 N–H and O–H groups in total. The topological polar surface area (TPSA) is 60.8 Å². The predicted molar refractivity (Wildman–Crippen MR) is 68.6 cm³/mol. The number of aryl methyl sites for hydroxylation is 1. The van der Waals surface area contributed by atoms with Gasteiger partial charge in [-0.25, -0.2) is 0 Å². The number of benzene rings is 1. The number of nitrogens with zero attached hydrogens (tertiary/aromatic N) is 1. The molecule has 0 unspecified atom stereocenters. The summed E-state index contributed by atoms with van der Waals surface area (Å²) in [5.41, 5.74) is 1.27. The van der Waals surface area contributed by atoms with Crippen LogP contribution < -0.4 is 0 Å². The number of aromatic hydroxyl groups is 1. The quantitative estimate of drug-likeness (QED) is 0.853. The van der Waals surface area contributed by atoms with E-state index in [0.717, 1.165) is 19.3 Å². The second-order valence-electron chi connectivity index (χ2n) is 4.81. The Hall–Kier alpha value is -1.55. The number of phenols is 1. The van der Waals surface area contributed by atoms with Crippen LogP contribution in [0.5, 0.6) is 5.75 Å². The van der Waals surface area contributed by atoms with E-state index in [2.05, 4.69) is 0 Å². The normalized spacial score (nSPS) is 15.2. The van der Waals surface area contributed by atoms with Gasteiger partial charge in [-0.2, -0.15) is 0 Å². The maximum absolute atomic E-state index is 12.4. The highest BCUT2D eigenvalue weighted by Gasteiger charge is 2.29. The number of phenolic OH excluding ortho intramolecular Hbond substituents is 1. The van der Waals surface area contributed by atoms with E-state index in [9.17, 15) is 9.90 Å². The van der Waals surface area contributed by atoms with Crippen LogP contribution in [0.25, 0.3) is 0 Å². The summed E-state index contributed by atoms with van der Waals surface area (Å²) in [6.07, 6.45) is 3.18. The van der Waals surface area contributed by atoms with E-state index < -0.39 is 0 Å². The molecule has 18 heavy (non-hydrogen) atoms. The average Bonchev–Trinajstić information content (AvgIpc) is 2.29. The first-order chi connectivity index (χ1) is 8.63. The Morgan fingerprint density at radius 3 is 2.67 bits per heavy atom. The standard InChI is InChI=1S/C14H19NO3/c1-10-9-11(5-6-13(10)17)14(18)15(7-8-16)12-3-2-4-12/h5-6,9,12,16-17H,2-4,7-8H2,1H3. The maximum atomic E-state index is 12.4. The van der Waals surface area contributed by atoms with E-state index in [-0.39, 0.29) is 24.3 Å². The van der Waals surface area contributed by atoms with Crippen molar-refractivity contribution in [2.75, 3.05) is 13.2 Å². The van der Waals surface area contributed by atoms with E-state index >= 15 is 0 Å². The van der Waals surface area contributed by atoms with Gasteiger partial charge in [0.05, 0.1) is 6.61 Å². The molecule has 0 spiro atoms. The monoisotopic (exact) mass is 249 g/mol. The summed E-state index contributed by atoms with van der Waals surface area (Å²) in [6.45, 7) is 2.13. The Balaban J connectivity index is 2.18. The smallest absolute Gasteiger partial charge is 0.254 e. The van der Waals surface area contributed by atoms with Crippen LogP contribution in [0.1, 0.15) is 35.2 Å². The molecule has 0 bridgehead atoms. The van der Waals surface area contributed by atoms with E-state index in [1.807, 2.05) is 0 Å². The molecule has 1 amide bonds. The third kappa shape index (κ3) is 2.48. The van der Waals surface area contributed by atoms with Crippen LogP contribution in [0.15, 0.2) is 18.2 Å². The van der Waals surface area contributed by atoms with Crippen LogP contribution in [-0.2, 0) is 0 Å². The van der Waals surface area contributed by atoms with Gasteiger partial charge in [0.25, 0.3) is 5.91 Å². The summed E-state index contributed by atoms with van der Waals surface area (Å²) in [4.78, 5) is 14.1. The van der Waals surface area contributed by atoms with Gasteiger partial charge in [-0.15, -0.1) is 0 Å². The first kappa shape index (κ1) is 12.9. The largest absolute Gasteiger partial charge is 0.508 e. The summed E-state index contributed by atoms with van der Waals surface area (Å²) in [6, 6.07) is 5.13. The van der Waals surface area contributed by atoms with Crippen LogP contribution in [0.4, 0.5) is 0 Å². The lowest BCUT2D eigenvalue weighted by Crippen LogP contribution is -2.45. The van der Waals surface area contributed by atoms with Gasteiger partial charge >= 0.3 is 0 Å². The molecule has 0 aliphatic heterocycles. The lowest BCUT2D eigenvalue weighted by atomic mass is 9.91. The molecule has 1 aromatic carbocycles. The van der Waals surface area contributed by atoms with Crippen molar-refractivity contribution < 1.29 is 15.0 Å². The molecule has 0 atom stereocenters. The van der Waals surface area contributed by atoms with Crippen molar-refractivity contribution in [2.24, 2.45) is 0 Å². The number of carbonyl (C=O) groups is 1. The zero-order valence-electron chi connectivity index (χ0n) is 10.6. The van der Waals surface area contributed by atoms with Gasteiger partial charge in [-0.05, 0) is 49.9 Å². The molecule has 4 nitrogen and oxygen atoms in total. The van der Waals surface area contributed by atoms with Crippen LogP contribution in [0.2, 0.25) is 0 Å². The van der Waals surface area contributed by atoms with Gasteiger partial charge in [-0.3, -0.25) is 4.79 Å². The Bertz CT molecular complexity index is 441. The Morgan fingerprint density at radius 2 is 2.17 bits per heavy atom. The third-order valence-corrected chi connectivity index (χ3v) is 3.56. The fraction of sp³-hybridized carbons (Fsp3) is 0.500. The average molecular weight is 249 g/mol. The molecule has 4 heteroatoms. The van der Waals surface area contributed by atoms with E-state index in [4.69, 9.17) is 5.11 Å². The molecule has 1 aliphatic carbocycles. The minimum Gasteiger partial charge on any atom is -0.508 e. The second kappa shape index (κ2) is 5.40. The predicted octanol–water partition coefficient (Wildman–Crippen LogP) is 1.69. The van der Waals surface area contributed by atoms with Crippen molar-refractivity contribution in [1.29, 1.82) is 0 Å². The van der Waals surface area contributed by atoms with Crippen molar-refractivity contribution >= 4 is 5.91 Å². The summed E-state index contributed by atoms with van der Waals surface area (Å²) in [5, 5.41) is 18.5. The molecule has 1 saturated carbocycles. The van der Waals surface area contributed by atoms with Crippen LogP contribution >= 0.6 is 0 Å². The van der Waals surface area contributed by atoms with Gasteiger partial charge in [0.1, 0.15) is 5.75 Å². The molecular formula is C14H19NO3. The van der Waals surface area contributed by atoms with Gasteiger partial charge in [0, 0.05) is 18.2 Å². The van der Waals surface area contributed by atoms with Crippen molar-refractivity contribution in [2.45, 2.75) is 32.2 Å². The fourth-order valence-electron chi connectivity index (χ4n) is 2.21. The number of aliphatic hydroxyl groups excluding tert-OH is 1. The second-order valence-corrected chi connectivity index (χ2v) is 4.81. The Kier molecular flexibility index (Phi) is 3.87. The van der Waals surface area contributed by atoms with Crippen LogP contribution in [-0.4, -0.2) is 40.2 Å². The highest BCUT2D eigenvalue weighted by Crippen LogP contribution is 2.27. The Morgan fingerprint density at radius 1 is 1.44 bits per heavy atom. The van der Waals surface area contributed by atoms with Crippen molar-refractivity contribution in [3.8, 4) is 5.75 Å². The minimum atomic E-state index is -0.0585. The van der Waals surface area contributed by atoms with E-state index in [1.54, 1.807) is 30.0 Å². The first-order valence-electron chi connectivity index (χ1n) is 6.35. The molecule has 1 aliphatic rings. The summed E-state index contributed by atoms with van der Waals surface area (Å²) < 4.78 is 0. The molecule has 2 rings (SSSR count). The SMILES string of the molecule is Cc1cc(C(=O)N(CCO)C2CCC2)ccc1O. The van der Waals surface area contributed by atoms with Crippen molar-refractivity contribution in [3.63, 3.8) is 0 Å². The summed E-state index contributed by atoms with van der Waals surface area (Å²) in [5.74, 6) is 0.140. The van der Waals surface area contributed by atoms with Gasteiger partial charge in [0.2, 0.25) is 0 Å². The van der Waals surface area contributed by atoms with Crippen molar-refractivity contribution in [1.82, 2.24) is 4.90 Å². The zero-order valence-corrected chi connectivity index (χ0v) is 10.6. The lowest BCUT2D eigenvalue weighted by Gasteiger charge is -2.37. The molecule has 0 radical (unpaired) electrons. The van der Waals surface area contributed by atoms with Crippen LogP contribution in [0.3, 0.4) is 0 Å². The molecule has 0 heterocycles. The van der Waals surface area contributed by atoms with Gasteiger partial charge < -0.3 is 15.1 Å². The summed E-state index contributed by atoms with van der Waals surface area (Å²) >= 11 is 0. The van der Waals surface area contributed by atoms with Crippen molar-refractivity contribution in [3.05, 3.63) is 29.3 Å². The number of rotatable bonds is 4. The number of amides is 1. The van der Waals surface area contributed by atoms with E-state index in [1.165, 1.54) is 0 Å². The molecule has 98 valence electrons. The van der Waals surface area contributed by atoms with Gasteiger partial charge in [0.15, 0.2) is 0 Å². The molecule has 0 saturated heterocycles. The van der Waals surface area contributed by atoms with Crippen LogP contribution in [0, 0.1) is 6.92 Å². The molecule has 0 aromatic heterocycles. The molecule has 1 aromatic rings. The Labute approximate surface area is 107 Å². The third-order valence-electron chi connectivity index (χ3n) is 3.56. The number of hydrogen-bond acceptors (Lipinski definition) is 3. The lowest BCUT2D eigenvalue weighted by molar-refractivity contribution is 0.0525. The zero-order chi connectivity index (χ0) is 13.1. The maximum Gasteiger partial charge on any atom is 0.254 e. The number of aliphatic hydroxyl groups is 1. The first-order valence-corrected chi connectivity index (χ1v) is 6.35. The minimum absolute atomic E-state index is 0.0146. The number of carbonyl (C=O) groups excluding carboxylic acids is 1. The van der Waals surface area contributed by atoms with Gasteiger partial charge in [-0.1, -0.05) is 0 Å². The summed E-state index contributed by atoms with van der Waals surface area (Å²) in [7, 11) is 0. The highest BCUT2D eigenvalue weighted by atomic mass is 16.3. The highest BCUT2D eigenvalue weighted by molar-refractivity contribution is 5.94. The molecular weight excluding hydrogens is 230 g/mol. The fourth-order valence-corrected chi connectivity index (χ4v) is 2.21. The number of hydrogen-bond donors (Lipinski definition) is 2. The molecule has 1 fully saturated rings. The van der Waals surface area contributed by atoms with E-state index in [0.29, 0.717) is 17.7 Å².